The Morgan fingerprint density at radius 2 is 2.24 bits per heavy atom. The Morgan fingerprint density at radius 1 is 1.48 bits per heavy atom. The summed E-state index contributed by atoms with van der Waals surface area (Å²) in [6.07, 6.45) is 4.60. The molecule has 5 nitrogen and oxygen atoms in total. The number of hydrogen-bond donors (Lipinski definition) is 1. The highest BCUT2D eigenvalue weighted by Crippen LogP contribution is 2.36. The normalized spacial score (nSPS) is 16.0. The molecule has 1 aliphatic carbocycles. The molecule has 0 spiro atoms. The number of ether oxygens (including phenoxy) is 1. The van der Waals surface area contributed by atoms with Crippen LogP contribution < -0.4 is 10.2 Å². The molecule has 1 N–H and O–H groups in total. The number of methoxy groups -OCH3 is 1. The molecule has 0 radical (unpaired) electrons. The maximum Gasteiger partial charge on any atom is 0.225 e. The van der Waals surface area contributed by atoms with Crippen LogP contribution in [0, 0.1) is 12.8 Å². The van der Waals surface area contributed by atoms with Gasteiger partial charge in [-0.15, -0.1) is 0 Å². The molecule has 2 rings (SSSR count). The van der Waals surface area contributed by atoms with Gasteiger partial charge in [0.2, 0.25) is 5.95 Å². The molecule has 0 aliphatic heterocycles. The third-order valence-electron chi connectivity index (χ3n) is 4.22. The molecule has 1 aromatic rings. The third-order valence-corrected chi connectivity index (χ3v) is 4.22. The van der Waals surface area contributed by atoms with Crippen molar-refractivity contribution in [1.29, 1.82) is 0 Å². The van der Waals surface area contributed by atoms with Crippen molar-refractivity contribution in [1.82, 2.24) is 15.3 Å². The Balaban J connectivity index is 2.12. The molecule has 1 aromatic heterocycles. The Morgan fingerprint density at radius 3 is 2.81 bits per heavy atom. The Hall–Kier alpha value is -1.20. The minimum atomic E-state index is 0.485. The zero-order chi connectivity index (χ0) is 15.2. The quantitative estimate of drug-likeness (QED) is 0.756. The molecule has 1 aliphatic rings. The molecule has 1 saturated carbocycles. The second-order valence-corrected chi connectivity index (χ2v) is 5.83. The van der Waals surface area contributed by atoms with Gasteiger partial charge >= 0.3 is 0 Å². The average molecular weight is 292 g/mol. The van der Waals surface area contributed by atoms with Crippen molar-refractivity contribution in [2.24, 2.45) is 5.92 Å². The first kappa shape index (κ1) is 16.2. The number of aromatic nitrogens is 2. The average Bonchev–Trinajstić information content (AvgIpc) is 3.31. The highest BCUT2D eigenvalue weighted by Gasteiger charge is 2.33. The smallest absolute Gasteiger partial charge is 0.225 e. The lowest BCUT2D eigenvalue weighted by Gasteiger charge is -2.29. The number of nitrogens with one attached hydrogen (secondary N) is 1. The summed E-state index contributed by atoms with van der Waals surface area (Å²) in [4.78, 5) is 11.6. The number of anilines is 1. The Labute approximate surface area is 128 Å². The van der Waals surface area contributed by atoms with Gasteiger partial charge in [0.05, 0.1) is 6.61 Å². The number of hydrogen-bond acceptors (Lipinski definition) is 5. The highest BCUT2D eigenvalue weighted by molar-refractivity contribution is 5.35. The maximum absolute atomic E-state index is 5.24. The summed E-state index contributed by atoms with van der Waals surface area (Å²) in [5.74, 6) is 1.62. The molecule has 0 saturated heterocycles. The van der Waals surface area contributed by atoms with E-state index < -0.39 is 0 Å². The molecule has 1 fully saturated rings. The molecule has 21 heavy (non-hydrogen) atoms. The summed E-state index contributed by atoms with van der Waals surface area (Å²) in [5.41, 5.74) is 2.23. The molecule has 5 heteroatoms. The van der Waals surface area contributed by atoms with Gasteiger partial charge in [-0.2, -0.15) is 0 Å². The lowest BCUT2D eigenvalue weighted by molar-refractivity contribution is 0.202. The minimum absolute atomic E-state index is 0.485. The second kappa shape index (κ2) is 7.71. The van der Waals surface area contributed by atoms with Gasteiger partial charge in [-0.1, -0.05) is 6.92 Å². The predicted molar refractivity (Wildman–Crippen MR) is 85.6 cm³/mol. The van der Waals surface area contributed by atoms with Crippen molar-refractivity contribution in [2.45, 2.75) is 46.2 Å². The van der Waals surface area contributed by atoms with Crippen LogP contribution in [0.5, 0.6) is 0 Å². The van der Waals surface area contributed by atoms with Gasteiger partial charge < -0.3 is 15.0 Å². The van der Waals surface area contributed by atoms with Crippen LogP contribution in [-0.2, 0) is 11.3 Å². The van der Waals surface area contributed by atoms with Crippen molar-refractivity contribution >= 4 is 5.95 Å². The molecule has 1 atom stereocenters. The van der Waals surface area contributed by atoms with Crippen molar-refractivity contribution < 1.29 is 4.74 Å². The predicted octanol–water partition coefficient (Wildman–Crippen LogP) is 2.15. The van der Waals surface area contributed by atoms with Gasteiger partial charge in [0, 0.05) is 43.7 Å². The van der Waals surface area contributed by atoms with Crippen LogP contribution in [-0.4, -0.2) is 42.8 Å². The van der Waals surface area contributed by atoms with Crippen molar-refractivity contribution in [3.63, 3.8) is 0 Å². The van der Waals surface area contributed by atoms with E-state index in [2.05, 4.69) is 36.0 Å². The first-order chi connectivity index (χ1) is 10.2. The third kappa shape index (κ3) is 4.38. The zero-order valence-corrected chi connectivity index (χ0v) is 13.7. The lowest BCUT2D eigenvalue weighted by Crippen LogP contribution is -2.38. The fourth-order valence-corrected chi connectivity index (χ4v) is 2.56. The molecule has 118 valence electrons. The van der Waals surface area contributed by atoms with Crippen LogP contribution in [0.25, 0.3) is 0 Å². The summed E-state index contributed by atoms with van der Waals surface area (Å²) >= 11 is 0. The van der Waals surface area contributed by atoms with Crippen LogP contribution in [0.2, 0.25) is 0 Å². The number of aryl methyl sites for hydroxylation is 1. The van der Waals surface area contributed by atoms with Crippen LogP contribution in [0.1, 0.15) is 37.9 Å². The first-order valence-electron chi connectivity index (χ1n) is 7.96. The van der Waals surface area contributed by atoms with E-state index in [4.69, 9.17) is 9.72 Å². The number of rotatable bonds is 9. The largest absolute Gasteiger partial charge is 0.383 e. The van der Waals surface area contributed by atoms with E-state index >= 15 is 0 Å². The Bertz CT molecular complexity index is 448. The summed E-state index contributed by atoms with van der Waals surface area (Å²) < 4.78 is 5.24. The van der Waals surface area contributed by atoms with Crippen molar-refractivity contribution in [3.05, 3.63) is 17.5 Å². The highest BCUT2D eigenvalue weighted by atomic mass is 16.5. The van der Waals surface area contributed by atoms with Gasteiger partial charge in [0.25, 0.3) is 0 Å². The molecule has 0 bridgehead atoms. The molecule has 1 unspecified atom stereocenters. The van der Waals surface area contributed by atoms with Gasteiger partial charge in [0.15, 0.2) is 0 Å². The van der Waals surface area contributed by atoms with Gasteiger partial charge in [-0.05, 0) is 39.2 Å². The van der Waals surface area contributed by atoms with E-state index in [9.17, 15) is 0 Å². The lowest BCUT2D eigenvalue weighted by atomic mass is 10.2. The summed E-state index contributed by atoms with van der Waals surface area (Å²) in [7, 11) is 1.74. The molecular weight excluding hydrogens is 264 g/mol. The van der Waals surface area contributed by atoms with Crippen LogP contribution >= 0.6 is 0 Å². The fraction of sp³-hybridized carbons (Fsp3) is 0.750. The molecule has 1 heterocycles. The van der Waals surface area contributed by atoms with Crippen LogP contribution in [0.3, 0.4) is 0 Å². The summed E-state index contributed by atoms with van der Waals surface area (Å²) in [6.45, 7) is 9.79. The van der Waals surface area contributed by atoms with Crippen LogP contribution in [0.4, 0.5) is 5.95 Å². The van der Waals surface area contributed by atoms with E-state index in [-0.39, 0.29) is 0 Å². The van der Waals surface area contributed by atoms with Gasteiger partial charge in [-0.25, -0.2) is 9.97 Å². The molecular formula is C16H28N4O. The van der Waals surface area contributed by atoms with E-state index in [1.807, 2.05) is 6.20 Å². The Kier molecular flexibility index (Phi) is 5.94. The molecule has 0 amide bonds. The van der Waals surface area contributed by atoms with Crippen molar-refractivity contribution in [3.8, 4) is 0 Å². The van der Waals surface area contributed by atoms with Crippen LogP contribution in [0.15, 0.2) is 6.20 Å². The fourth-order valence-electron chi connectivity index (χ4n) is 2.56. The summed E-state index contributed by atoms with van der Waals surface area (Å²) in [6, 6.07) is 0.485. The van der Waals surface area contributed by atoms with E-state index in [1.165, 1.54) is 18.4 Å². The first-order valence-corrected chi connectivity index (χ1v) is 7.96. The van der Waals surface area contributed by atoms with E-state index in [0.717, 1.165) is 37.2 Å². The monoisotopic (exact) mass is 292 g/mol. The minimum Gasteiger partial charge on any atom is -0.383 e. The summed E-state index contributed by atoms with van der Waals surface area (Å²) in [5, 5.41) is 3.33. The second-order valence-electron chi connectivity index (χ2n) is 5.83. The standard InChI is InChI=1S/C16H28N4O/c1-5-17-10-15-11-18-16(19-12(15)2)20(8-9-21-4)13(3)14-6-7-14/h11,13-14,17H,5-10H2,1-4H3. The SMILES string of the molecule is CCNCc1cnc(N(CCOC)C(C)C2CC2)nc1C. The van der Waals surface area contributed by atoms with Gasteiger partial charge in [0.1, 0.15) is 0 Å². The number of nitrogens with zero attached hydrogens (tertiary/aromatic N) is 3. The van der Waals surface area contributed by atoms with Gasteiger partial charge in [-0.3, -0.25) is 0 Å². The molecule has 0 aromatic carbocycles. The van der Waals surface area contributed by atoms with Crippen molar-refractivity contribution in [2.75, 3.05) is 31.7 Å². The van der Waals surface area contributed by atoms with E-state index in [0.29, 0.717) is 12.6 Å². The van der Waals surface area contributed by atoms with E-state index in [1.54, 1.807) is 7.11 Å². The maximum atomic E-state index is 5.24. The zero-order valence-electron chi connectivity index (χ0n) is 13.7. The topological polar surface area (TPSA) is 50.3 Å².